The summed E-state index contributed by atoms with van der Waals surface area (Å²) in [6.07, 6.45) is 0. The zero-order chi connectivity index (χ0) is 14.2. The molecule has 19 heavy (non-hydrogen) atoms. The Morgan fingerprint density at radius 1 is 1.42 bits per heavy atom. The molecule has 2 aliphatic heterocycles. The Morgan fingerprint density at radius 2 is 2.11 bits per heavy atom. The Morgan fingerprint density at radius 3 is 2.74 bits per heavy atom. The molecule has 0 bridgehead atoms. The number of aliphatic imine (C=N–C) groups is 1. The van der Waals surface area contributed by atoms with E-state index < -0.39 is 5.97 Å². The van der Waals surface area contributed by atoms with Crippen LogP contribution in [0.25, 0.3) is 0 Å². The van der Waals surface area contributed by atoms with Crippen LogP contribution in [0.5, 0.6) is 0 Å². The van der Waals surface area contributed by atoms with Gasteiger partial charge >= 0.3 is 5.97 Å². The van der Waals surface area contributed by atoms with Crippen LogP contribution in [0.1, 0.15) is 20.8 Å². The van der Waals surface area contributed by atoms with Crippen LogP contribution in [0.3, 0.4) is 0 Å². The second-order valence-corrected chi connectivity index (χ2v) is 4.89. The number of methoxy groups -OCH3 is 1. The number of hydrogen-bond acceptors (Lipinski definition) is 5. The van der Waals surface area contributed by atoms with Crippen LogP contribution in [0, 0.1) is 0 Å². The van der Waals surface area contributed by atoms with Gasteiger partial charge in [-0.05, 0) is 26.3 Å². The number of rotatable bonds is 2. The second kappa shape index (κ2) is 5.03. The minimum atomic E-state index is -0.394. The minimum Gasteiger partial charge on any atom is -0.468 e. The summed E-state index contributed by atoms with van der Waals surface area (Å²) in [5.74, 6) is 0.388. The first-order chi connectivity index (χ1) is 8.93. The van der Waals surface area contributed by atoms with Gasteiger partial charge in [-0.2, -0.15) is 0 Å². The highest BCUT2D eigenvalue weighted by molar-refractivity contribution is 5.92. The number of ether oxygens (including phenoxy) is 1. The van der Waals surface area contributed by atoms with E-state index in [0.29, 0.717) is 6.54 Å². The normalized spacial score (nSPS) is 23.3. The van der Waals surface area contributed by atoms with Crippen LogP contribution in [0.15, 0.2) is 16.3 Å². The van der Waals surface area contributed by atoms with Crippen LogP contribution in [0.2, 0.25) is 0 Å². The first-order valence-electron chi connectivity index (χ1n) is 6.30. The van der Waals surface area contributed by atoms with E-state index in [1.807, 2.05) is 25.7 Å². The summed E-state index contributed by atoms with van der Waals surface area (Å²) in [5.41, 5.74) is 2.22. The van der Waals surface area contributed by atoms with Crippen molar-refractivity contribution in [2.24, 2.45) is 4.99 Å². The van der Waals surface area contributed by atoms with Gasteiger partial charge in [0.1, 0.15) is 18.9 Å². The van der Waals surface area contributed by atoms with Crippen LogP contribution < -0.4 is 0 Å². The Balaban J connectivity index is 2.22. The first-order valence-corrected chi connectivity index (χ1v) is 6.30. The van der Waals surface area contributed by atoms with E-state index in [2.05, 4.69) is 9.73 Å². The van der Waals surface area contributed by atoms with Gasteiger partial charge in [0.05, 0.1) is 19.7 Å². The third-order valence-electron chi connectivity index (χ3n) is 3.71. The van der Waals surface area contributed by atoms with Gasteiger partial charge < -0.3 is 14.5 Å². The standard InChI is InChI=1S/C13H19N3O3/c1-8-9(2)14-10(3)16-6-12(17)15(5-11(8)16)7-13(18)19-4/h9H,5-7H2,1-4H3. The number of amides is 1. The minimum absolute atomic E-state index is 0.00449. The maximum absolute atomic E-state index is 12.0. The van der Waals surface area contributed by atoms with Gasteiger partial charge in [-0.1, -0.05) is 0 Å². The number of esters is 1. The van der Waals surface area contributed by atoms with Gasteiger partial charge in [-0.3, -0.25) is 14.6 Å². The predicted octanol–water partition coefficient (Wildman–Crippen LogP) is 0.398. The van der Waals surface area contributed by atoms with Crippen molar-refractivity contribution in [3.05, 3.63) is 11.3 Å². The number of nitrogens with zero attached hydrogens (tertiary/aromatic N) is 3. The molecule has 2 aliphatic rings. The molecule has 0 aliphatic carbocycles. The van der Waals surface area contributed by atoms with Crippen molar-refractivity contribution >= 4 is 17.7 Å². The van der Waals surface area contributed by atoms with E-state index in [0.717, 1.165) is 17.1 Å². The molecule has 1 fully saturated rings. The number of hydrogen-bond donors (Lipinski definition) is 0. The Labute approximate surface area is 112 Å². The van der Waals surface area contributed by atoms with Gasteiger partial charge in [-0.25, -0.2) is 0 Å². The summed E-state index contributed by atoms with van der Waals surface area (Å²) >= 11 is 0. The topological polar surface area (TPSA) is 62.2 Å². The van der Waals surface area contributed by atoms with E-state index in [-0.39, 0.29) is 25.0 Å². The lowest BCUT2D eigenvalue weighted by atomic mass is 10.0. The molecule has 6 nitrogen and oxygen atoms in total. The third-order valence-corrected chi connectivity index (χ3v) is 3.71. The van der Waals surface area contributed by atoms with E-state index >= 15 is 0 Å². The van der Waals surface area contributed by atoms with Crippen LogP contribution >= 0.6 is 0 Å². The molecule has 1 saturated heterocycles. The molecule has 6 heteroatoms. The Kier molecular flexibility index (Phi) is 3.59. The smallest absolute Gasteiger partial charge is 0.325 e. The van der Waals surface area contributed by atoms with Gasteiger partial charge in [-0.15, -0.1) is 0 Å². The SMILES string of the molecule is COC(=O)CN1CC2=C(C)C(C)N=C(C)N2CC1=O. The summed E-state index contributed by atoms with van der Waals surface area (Å²) in [7, 11) is 1.33. The van der Waals surface area contributed by atoms with E-state index in [4.69, 9.17) is 0 Å². The zero-order valence-electron chi connectivity index (χ0n) is 11.8. The fourth-order valence-electron chi connectivity index (χ4n) is 2.38. The fraction of sp³-hybridized carbons (Fsp3) is 0.615. The number of carbonyl (C=O) groups excluding carboxylic acids is 2. The average molecular weight is 265 g/mol. The first kappa shape index (κ1) is 13.6. The van der Waals surface area contributed by atoms with E-state index in [1.54, 1.807) is 0 Å². The number of carbonyl (C=O) groups is 2. The van der Waals surface area contributed by atoms with E-state index in [1.165, 1.54) is 12.0 Å². The molecule has 1 amide bonds. The lowest BCUT2D eigenvalue weighted by Crippen LogP contribution is -2.53. The highest BCUT2D eigenvalue weighted by Crippen LogP contribution is 2.26. The summed E-state index contributed by atoms with van der Waals surface area (Å²) < 4.78 is 4.62. The summed E-state index contributed by atoms with van der Waals surface area (Å²) in [6, 6.07) is 0.124. The molecule has 2 heterocycles. The maximum atomic E-state index is 12.0. The summed E-state index contributed by atoms with van der Waals surface area (Å²) in [5, 5.41) is 0. The molecule has 1 unspecified atom stereocenters. The predicted molar refractivity (Wildman–Crippen MR) is 70.6 cm³/mol. The van der Waals surface area contributed by atoms with Crippen molar-refractivity contribution in [2.75, 3.05) is 26.7 Å². The molecule has 0 aromatic rings. The van der Waals surface area contributed by atoms with Crippen molar-refractivity contribution in [3.8, 4) is 0 Å². The van der Waals surface area contributed by atoms with Crippen LogP contribution in [-0.4, -0.2) is 60.3 Å². The molecule has 0 aromatic carbocycles. The molecule has 0 radical (unpaired) electrons. The number of fused-ring (bicyclic) bond motifs is 1. The molecule has 0 spiro atoms. The Hall–Kier alpha value is -1.85. The van der Waals surface area contributed by atoms with Crippen LogP contribution in [0.4, 0.5) is 0 Å². The van der Waals surface area contributed by atoms with Gasteiger partial charge in [0, 0.05) is 5.70 Å². The quantitative estimate of drug-likeness (QED) is 0.678. The van der Waals surface area contributed by atoms with Crippen molar-refractivity contribution < 1.29 is 14.3 Å². The largest absolute Gasteiger partial charge is 0.468 e. The molecule has 1 atom stereocenters. The summed E-state index contributed by atoms with van der Waals surface area (Å²) in [6.45, 7) is 6.65. The van der Waals surface area contributed by atoms with Gasteiger partial charge in [0.25, 0.3) is 0 Å². The second-order valence-electron chi connectivity index (χ2n) is 4.89. The summed E-state index contributed by atoms with van der Waals surface area (Å²) in [4.78, 5) is 31.3. The number of amidine groups is 1. The monoisotopic (exact) mass is 265 g/mol. The van der Waals surface area contributed by atoms with Crippen molar-refractivity contribution in [2.45, 2.75) is 26.8 Å². The zero-order valence-corrected chi connectivity index (χ0v) is 11.8. The van der Waals surface area contributed by atoms with E-state index in [9.17, 15) is 9.59 Å². The molecular weight excluding hydrogens is 246 g/mol. The molecule has 104 valence electrons. The third kappa shape index (κ3) is 2.47. The van der Waals surface area contributed by atoms with Gasteiger partial charge in [0.15, 0.2) is 0 Å². The van der Waals surface area contributed by atoms with Crippen molar-refractivity contribution in [1.82, 2.24) is 9.80 Å². The highest BCUT2D eigenvalue weighted by atomic mass is 16.5. The highest BCUT2D eigenvalue weighted by Gasteiger charge is 2.34. The number of piperazine rings is 1. The van der Waals surface area contributed by atoms with Crippen molar-refractivity contribution in [1.29, 1.82) is 0 Å². The molecule has 2 rings (SSSR count). The lowest BCUT2D eigenvalue weighted by Gasteiger charge is -2.41. The Bertz CT molecular complexity index is 482. The maximum Gasteiger partial charge on any atom is 0.325 e. The molecular formula is C13H19N3O3. The molecule has 0 aromatic heterocycles. The van der Waals surface area contributed by atoms with Crippen molar-refractivity contribution in [3.63, 3.8) is 0 Å². The fourth-order valence-corrected chi connectivity index (χ4v) is 2.38. The van der Waals surface area contributed by atoms with Gasteiger partial charge in [0.2, 0.25) is 5.91 Å². The molecule has 0 saturated carbocycles. The van der Waals surface area contributed by atoms with Crippen LogP contribution in [-0.2, 0) is 14.3 Å². The molecule has 0 N–H and O–H groups in total. The average Bonchev–Trinajstić information content (AvgIpc) is 2.37. The lowest BCUT2D eigenvalue weighted by molar-refractivity contribution is -0.147.